The third-order valence-electron chi connectivity index (χ3n) is 2.71. The van der Waals surface area contributed by atoms with E-state index < -0.39 is 13.0 Å². The van der Waals surface area contributed by atoms with Crippen LogP contribution in [0.2, 0.25) is 0 Å². The molecular formula is C13H10Br2F2NOY-. The zero-order valence-corrected chi connectivity index (χ0v) is 16.4. The fourth-order valence-corrected chi connectivity index (χ4v) is 3.13. The molecule has 0 saturated carbocycles. The Morgan fingerprint density at radius 2 is 2.05 bits per heavy atom. The van der Waals surface area contributed by atoms with E-state index >= 15 is 0 Å². The van der Waals surface area contributed by atoms with Gasteiger partial charge in [0.05, 0.1) is 6.54 Å². The van der Waals surface area contributed by atoms with Crippen LogP contribution in [0.3, 0.4) is 0 Å². The van der Waals surface area contributed by atoms with Crippen molar-refractivity contribution in [3.63, 3.8) is 0 Å². The molecule has 1 amide bonds. The van der Waals surface area contributed by atoms with E-state index in [-0.39, 0.29) is 45.0 Å². The second-order valence-electron chi connectivity index (χ2n) is 4.04. The maximum atomic E-state index is 12.6. The van der Waals surface area contributed by atoms with Crippen molar-refractivity contribution < 1.29 is 46.3 Å². The molecule has 1 aliphatic heterocycles. The van der Waals surface area contributed by atoms with Gasteiger partial charge < -0.3 is 4.90 Å². The minimum atomic E-state index is -2.56. The molecule has 0 fully saturated rings. The minimum Gasteiger partial charge on any atom is -0.342 e. The van der Waals surface area contributed by atoms with Crippen molar-refractivity contribution in [1.82, 2.24) is 4.90 Å². The zero-order valence-electron chi connectivity index (χ0n) is 10.4. The molecule has 1 aliphatic rings. The first-order valence-electron chi connectivity index (χ1n) is 5.64. The smallest absolute Gasteiger partial charge is 0.256 e. The Balaban J connectivity index is 0.00000200. The second kappa shape index (κ2) is 8.11. The van der Waals surface area contributed by atoms with Crippen LogP contribution in [0.1, 0.15) is 18.4 Å². The number of amides is 1. The van der Waals surface area contributed by atoms with Crippen molar-refractivity contribution in [2.45, 2.75) is 19.3 Å². The largest absolute Gasteiger partial charge is 0.342 e. The van der Waals surface area contributed by atoms with E-state index in [0.717, 1.165) is 13.8 Å². The third-order valence-corrected chi connectivity index (χ3v) is 3.86. The van der Waals surface area contributed by atoms with Gasteiger partial charge in [0.2, 0.25) is 5.91 Å². The van der Waals surface area contributed by atoms with Gasteiger partial charge >= 0.3 is 0 Å². The normalized spacial score (nSPS) is 15.2. The number of halogens is 4. The minimum absolute atomic E-state index is 0. The second-order valence-corrected chi connectivity index (χ2v) is 5.81. The standard InChI is InChI=1S/C13H10Br2F2NO.Y/c14-8-4-5-9(10(15)6-8)11-2-1-3-13(19)18(11)7-12(16)17;/h4-6,12H,1,3,7H2;/q-1;. The summed E-state index contributed by atoms with van der Waals surface area (Å²) in [5, 5.41) is 0. The number of carbonyl (C=O) groups excluding carboxylic acids is 1. The Kier molecular flexibility index (Phi) is 7.46. The number of hydrogen-bond acceptors (Lipinski definition) is 1. The summed E-state index contributed by atoms with van der Waals surface area (Å²) in [5.74, 6) is -0.288. The van der Waals surface area contributed by atoms with Crippen LogP contribution in [0.4, 0.5) is 8.78 Å². The van der Waals surface area contributed by atoms with Crippen LogP contribution >= 0.6 is 31.9 Å². The number of alkyl halides is 2. The molecule has 2 rings (SSSR count). The van der Waals surface area contributed by atoms with Gasteiger partial charge in [-0.15, -0.1) is 23.7 Å². The van der Waals surface area contributed by atoms with E-state index in [2.05, 4.69) is 37.9 Å². The van der Waals surface area contributed by atoms with Crippen LogP contribution in [-0.4, -0.2) is 23.8 Å². The summed E-state index contributed by atoms with van der Waals surface area (Å²) in [7, 11) is 0. The molecule has 1 heterocycles. The number of rotatable bonds is 3. The molecule has 0 aliphatic carbocycles. The topological polar surface area (TPSA) is 20.3 Å². The molecule has 0 saturated heterocycles. The fraction of sp³-hybridized carbons (Fsp3) is 0.308. The summed E-state index contributed by atoms with van der Waals surface area (Å²) in [6, 6.07) is 5.38. The quantitative estimate of drug-likeness (QED) is 0.590. The van der Waals surface area contributed by atoms with E-state index in [0.29, 0.717) is 17.7 Å². The van der Waals surface area contributed by atoms with E-state index in [9.17, 15) is 13.6 Å². The average molecular weight is 483 g/mol. The molecular weight excluding hydrogens is 473 g/mol. The molecule has 0 N–H and O–H groups in total. The van der Waals surface area contributed by atoms with E-state index in [1.54, 1.807) is 12.1 Å². The molecule has 0 atom stereocenters. The van der Waals surface area contributed by atoms with Crippen LogP contribution in [-0.2, 0) is 37.5 Å². The van der Waals surface area contributed by atoms with Gasteiger partial charge in [-0.05, 0) is 0 Å². The van der Waals surface area contributed by atoms with Crippen molar-refractivity contribution in [3.05, 3.63) is 38.8 Å². The van der Waals surface area contributed by atoms with Crippen LogP contribution in [0, 0.1) is 6.08 Å². The third kappa shape index (κ3) is 4.42. The fourth-order valence-electron chi connectivity index (χ4n) is 1.90. The number of allylic oxidation sites excluding steroid dienone is 1. The van der Waals surface area contributed by atoms with Gasteiger partial charge in [0.25, 0.3) is 6.43 Å². The summed E-state index contributed by atoms with van der Waals surface area (Å²) < 4.78 is 26.8. The number of hydrogen-bond donors (Lipinski definition) is 0. The van der Waals surface area contributed by atoms with Gasteiger partial charge in [0.15, 0.2) is 0 Å². The summed E-state index contributed by atoms with van der Waals surface area (Å²) in [6.45, 7) is -0.594. The number of carbonyl (C=O) groups is 1. The van der Waals surface area contributed by atoms with Gasteiger partial charge in [-0.3, -0.25) is 4.79 Å². The molecule has 0 spiro atoms. The molecule has 0 aromatic heterocycles. The van der Waals surface area contributed by atoms with Gasteiger partial charge in [-0.2, -0.15) is 0 Å². The summed E-state index contributed by atoms with van der Waals surface area (Å²) >= 11 is 6.71. The van der Waals surface area contributed by atoms with Crippen molar-refractivity contribution in [2.24, 2.45) is 0 Å². The van der Waals surface area contributed by atoms with Crippen LogP contribution < -0.4 is 0 Å². The molecule has 1 aromatic carbocycles. The Morgan fingerprint density at radius 3 is 2.65 bits per heavy atom. The molecule has 0 bridgehead atoms. The Labute approximate surface area is 158 Å². The van der Waals surface area contributed by atoms with Crippen molar-refractivity contribution in [2.75, 3.05) is 6.54 Å². The first kappa shape index (κ1) is 18.4. The maximum Gasteiger partial charge on any atom is 0.256 e. The predicted molar refractivity (Wildman–Crippen MR) is 75.4 cm³/mol. The van der Waals surface area contributed by atoms with Crippen LogP contribution in [0.25, 0.3) is 5.70 Å². The molecule has 1 aromatic rings. The summed E-state index contributed by atoms with van der Waals surface area (Å²) in [6.07, 6.45) is 1.14. The van der Waals surface area contributed by atoms with Crippen molar-refractivity contribution in [1.29, 1.82) is 0 Å². The predicted octanol–water partition coefficient (Wildman–Crippen LogP) is 4.24. The van der Waals surface area contributed by atoms with Crippen molar-refractivity contribution in [3.8, 4) is 0 Å². The monoisotopic (exact) mass is 481 g/mol. The Bertz CT molecular complexity index is 537. The zero-order chi connectivity index (χ0) is 14.0. The van der Waals surface area contributed by atoms with E-state index in [1.807, 2.05) is 6.07 Å². The maximum absolute atomic E-state index is 12.6. The molecule has 7 heteroatoms. The van der Waals surface area contributed by atoms with Crippen LogP contribution in [0.5, 0.6) is 0 Å². The van der Waals surface area contributed by atoms with Gasteiger partial charge in [0.1, 0.15) is 0 Å². The van der Waals surface area contributed by atoms with Crippen molar-refractivity contribution >= 4 is 43.5 Å². The van der Waals surface area contributed by atoms with Crippen LogP contribution in [0.15, 0.2) is 27.1 Å². The SMILES string of the molecule is O=C1CC[C-]=C(c2ccc(Br)cc2Br)N1CC(F)F.[Y]. The molecule has 105 valence electrons. The number of benzene rings is 1. The average Bonchev–Trinajstić information content (AvgIpc) is 2.32. The van der Waals surface area contributed by atoms with Gasteiger partial charge in [-0.25, -0.2) is 14.9 Å². The Hall–Kier alpha value is 0.354. The summed E-state index contributed by atoms with van der Waals surface area (Å²) in [5.41, 5.74) is 1.12. The summed E-state index contributed by atoms with van der Waals surface area (Å²) in [4.78, 5) is 12.9. The first-order valence-corrected chi connectivity index (χ1v) is 7.22. The Morgan fingerprint density at radius 1 is 1.35 bits per heavy atom. The molecule has 1 radical (unpaired) electrons. The van der Waals surface area contributed by atoms with Gasteiger partial charge in [-0.1, -0.05) is 48.5 Å². The van der Waals surface area contributed by atoms with Gasteiger partial charge in [0, 0.05) is 43.6 Å². The number of nitrogens with zero attached hydrogens (tertiary/aromatic N) is 1. The molecule has 20 heavy (non-hydrogen) atoms. The first-order chi connectivity index (χ1) is 8.99. The van der Waals surface area contributed by atoms with E-state index in [1.165, 1.54) is 0 Å². The molecule has 2 nitrogen and oxygen atoms in total. The molecule has 0 unspecified atom stereocenters. The van der Waals surface area contributed by atoms with E-state index in [4.69, 9.17) is 0 Å².